The fourth-order valence-electron chi connectivity index (χ4n) is 4.09. The Morgan fingerprint density at radius 2 is 2.03 bits per heavy atom. The Bertz CT molecular complexity index is 1150. The topological polar surface area (TPSA) is 70.4 Å². The number of nitrogens with one attached hydrogen (secondary N) is 1. The maximum absolute atomic E-state index is 14.1. The summed E-state index contributed by atoms with van der Waals surface area (Å²) in [5, 5.41) is 12.9. The lowest BCUT2D eigenvalue weighted by Gasteiger charge is -2.38. The molecule has 0 atom stereocenters. The summed E-state index contributed by atoms with van der Waals surface area (Å²) >= 11 is 0. The number of benzene rings is 1. The number of likely N-dealkylation sites (N-methyl/N-ethyl adjacent to an activating group) is 1. The van der Waals surface area contributed by atoms with Crippen molar-refractivity contribution in [3.05, 3.63) is 75.6 Å². The number of aliphatic hydroxyl groups excluding tert-OH is 1. The first kappa shape index (κ1) is 21.2. The van der Waals surface area contributed by atoms with Gasteiger partial charge in [0.1, 0.15) is 17.3 Å². The number of hydrogen-bond acceptors (Lipinski definition) is 5. The van der Waals surface area contributed by atoms with Crippen molar-refractivity contribution >= 4 is 11.5 Å². The van der Waals surface area contributed by atoms with E-state index in [-0.39, 0.29) is 18.0 Å². The van der Waals surface area contributed by atoms with Gasteiger partial charge in [-0.25, -0.2) is 9.37 Å². The summed E-state index contributed by atoms with van der Waals surface area (Å²) in [4.78, 5) is 19.5. The highest BCUT2D eigenvalue weighted by molar-refractivity contribution is 5.72. The van der Waals surface area contributed by atoms with E-state index in [1.807, 2.05) is 18.3 Å². The zero-order valence-electron chi connectivity index (χ0n) is 18.0. The van der Waals surface area contributed by atoms with Crippen LogP contribution in [0.4, 0.5) is 15.9 Å². The highest BCUT2D eigenvalue weighted by atomic mass is 19.1. The van der Waals surface area contributed by atoms with Crippen LogP contribution >= 0.6 is 0 Å². The number of likely N-dealkylation sites (tertiary alicyclic amines) is 1. The largest absolute Gasteiger partial charge is 0.392 e. The lowest BCUT2D eigenvalue weighted by Crippen LogP contribution is -2.44. The third-order valence-corrected chi connectivity index (χ3v) is 6.02. The molecule has 1 aromatic carbocycles. The highest BCUT2D eigenvalue weighted by Gasteiger charge is 2.26. The minimum atomic E-state index is -0.386. The molecule has 4 rings (SSSR count). The number of anilines is 2. The van der Waals surface area contributed by atoms with Gasteiger partial charge in [0.05, 0.1) is 6.61 Å². The molecule has 31 heavy (non-hydrogen) atoms. The van der Waals surface area contributed by atoms with Crippen LogP contribution in [-0.4, -0.2) is 39.2 Å². The van der Waals surface area contributed by atoms with Gasteiger partial charge < -0.3 is 19.9 Å². The summed E-state index contributed by atoms with van der Waals surface area (Å²) in [5.41, 5.74) is 3.82. The number of rotatable bonds is 6. The molecule has 0 saturated carbocycles. The van der Waals surface area contributed by atoms with Gasteiger partial charge in [-0.15, -0.1) is 0 Å². The van der Waals surface area contributed by atoms with Gasteiger partial charge in [0.15, 0.2) is 0 Å². The third-order valence-electron chi connectivity index (χ3n) is 6.02. The Kier molecular flexibility index (Phi) is 5.89. The monoisotopic (exact) mass is 422 g/mol. The summed E-state index contributed by atoms with van der Waals surface area (Å²) in [6, 6.07) is 8.37. The minimum Gasteiger partial charge on any atom is -0.392 e. The Labute approximate surface area is 181 Å². The molecule has 2 N–H and O–H groups in total. The normalized spacial score (nSPS) is 14.5. The van der Waals surface area contributed by atoms with Crippen molar-refractivity contribution in [2.24, 2.45) is 7.05 Å². The van der Waals surface area contributed by atoms with Crippen LogP contribution in [0.3, 0.4) is 0 Å². The van der Waals surface area contributed by atoms with Crippen LogP contribution < -0.4 is 10.9 Å². The zero-order chi connectivity index (χ0) is 22.1. The maximum atomic E-state index is 14.1. The molecular weight excluding hydrogens is 395 g/mol. The van der Waals surface area contributed by atoms with Gasteiger partial charge in [-0.1, -0.05) is 13.0 Å². The van der Waals surface area contributed by atoms with E-state index >= 15 is 0 Å². The van der Waals surface area contributed by atoms with Crippen molar-refractivity contribution in [1.29, 1.82) is 0 Å². The van der Waals surface area contributed by atoms with E-state index in [1.54, 1.807) is 26.2 Å². The third kappa shape index (κ3) is 4.24. The SMILES string of the molecule is CCN1CC(c2ccc(Nc3cc(-c4cc(F)cc(C)c4CO)cn(C)c3=O)nc2)C1. The molecule has 0 amide bonds. The average Bonchev–Trinajstić information content (AvgIpc) is 2.71. The zero-order valence-corrected chi connectivity index (χ0v) is 18.0. The number of pyridine rings is 2. The van der Waals surface area contributed by atoms with Crippen LogP contribution in [-0.2, 0) is 13.7 Å². The fraction of sp³-hybridized carbons (Fsp3) is 0.333. The van der Waals surface area contributed by atoms with Gasteiger partial charge in [0.25, 0.3) is 5.56 Å². The molecule has 1 fully saturated rings. The van der Waals surface area contributed by atoms with Crippen molar-refractivity contribution < 1.29 is 9.50 Å². The number of aliphatic hydroxyl groups is 1. The maximum Gasteiger partial charge on any atom is 0.274 e. The molecule has 0 bridgehead atoms. The van der Waals surface area contributed by atoms with Gasteiger partial charge in [0.2, 0.25) is 0 Å². The van der Waals surface area contributed by atoms with Crippen LogP contribution in [0, 0.1) is 12.7 Å². The van der Waals surface area contributed by atoms with Crippen molar-refractivity contribution in [2.75, 3.05) is 25.0 Å². The predicted molar refractivity (Wildman–Crippen MR) is 120 cm³/mol. The second-order valence-electron chi connectivity index (χ2n) is 8.12. The van der Waals surface area contributed by atoms with E-state index in [2.05, 4.69) is 22.1 Å². The van der Waals surface area contributed by atoms with E-state index in [9.17, 15) is 14.3 Å². The first-order valence-electron chi connectivity index (χ1n) is 10.5. The predicted octanol–water partition coefficient (Wildman–Crippen LogP) is 3.55. The van der Waals surface area contributed by atoms with Crippen LogP contribution in [0.25, 0.3) is 11.1 Å². The van der Waals surface area contributed by atoms with Crippen LogP contribution in [0.5, 0.6) is 0 Å². The van der Waals surface area contributed by atoms with Crippen molar-refractivity contribution in [2.45, 2.75) is 26.4 Å². The average molecular weight is 423 g/mol. The summed E-state index contributed by atoms with van der Waals surface area (Å²) in [6.07, 6.45) is 3.50. The Morgan fingerprint density at radius 1 is 1.26 bits per heavy atom. The molecule has 3 heterocycles. The first-order chi connectivity index (χ1) is 14.9. The molecule has 1 aliphatic heterocycles. The van der Waals surface area contributed by atoms with Gasteiger partial charge in [-0.05, 0) is 60.0 Å². The van der Waals surface area contributed by atoms with Crippen LogP contribution in [0.2, 0.25) is 0 Å². The van der Waals surface area contributed by atoms with Crippen molar-refractivity contribution in [3.8, 4) is 11.1 Å². The second kappa shape index (κ2) is 8.61. The summed E-state index contributed by atoms with van der Waals surface area (Å²) in [6.45, 7) is 6.86. The van der Waals surface area contributed by atoms with E-state index in [1.165, 1.54) is 22.3 Å². The number of aromatic nitrogens is 2. The van der Waals surface area contributed by atoms with Crippen LogP contribution in [0.1, 0.15) is 29.5 Å². The van der Waals surface area contributed by atoms with Crippen molar-refractivity contribution in [3.63, 3.8) is 0 Å². The first-order valence-corrected chi connectivity index (χ1v) is 10.5. The molecule has 2 aromatic heterocycles. The molecule has 1 saturated heterocycles. The number of aryl methyl sites for hydroxylation is 2. The molecule has 7 heteroatoms. The van der Waals surface area contributed by atoms with Gasteiger partial charge >= 0.3 is 0 Å². The number of nitrogens with zero attached hydrogens (tertiary/aromatic N) is 3. The molecule has 1 aliphatic rings. The van der Waals surface area contributed by atoms with Gasteiger partial charge in [-0.3, -0.25) is 4.79 Å². The quantitative estimate of drug-likeness (QED) is 0.636. The second-order valence-corrected chi connectivity index (χ2v) is 8.12. The highest BCUT2D eigenvalue weighted by Crippen LogP contribution is 2.30. The van der Waals surface area contributed by atoms with E-state index in [0.717, 1.165) is 19.6 Å². The molecule has 6 nitrogen and oxygen atoms in total. The Morgan fingerprint density at radius 3 is 2.68 bits per heavy atom. The molecule has 0 spiro atoms. The smallest absolute Gasteiger partial charge is 0.274 e. The van der Waals surface area contributed by atoms with E-state index in [4.69, 9.17) is 0 Å². The molecule has 0 aliphatic carbocycles. The van der Waals surface area contributed by atoms with E-state index < -0.39 is 0 Å². The molecule has 0 radical (unpaired) electrons. The fourth-order valence-corrected chi connectivity index (χ4v) is 4.09. The standard InChI is InChI=1S/C24H27FN4O2/c1-4-29-12-18(13-29)16-5-6-23(26-10-16)27-22-8-17(11-28(3)24(22)31)20-9-19(25)7-15(2)21(20)14-30/h5-11,18,30H,4,12-14H2,1-3H3,(H,26,27). The summed E-state index contributed by atoms with van der Waals surface area (Å²) in [5.74, 6) is 0.691. The van der Waals surface area contributed by atoms with Crippen LogP contribution in [0.15, 0.2) is 47.5 Å². The molecule has 162 valence electrons. The number of hydrogen-bond donors (Lipinski definition) is 2. The summed E-state index contributed by atoms with van der Waals surface area (Å²) in [7, 11) is 1.65. The Balaban J connectivity index is 1.63. The van der Waals surface area contributed by atoms with Gasteiger partial charge in [-0.2, -0.15) is 0 Å². The van der Waals surface area contributed by atoms with Crippen molar-refractivity contribution in [1.82, 2.24) is 14.5 Å². The number of halogens is 1. The molecule has 3 aromatic rings. The summed E-state index contributed by atoms with van der Waals surface area (Å²) < 4.78 is 15.5. The Hall–Kier alpha value is -3.03. The lowest BCUT2D eigenvalue weighted by molar-refractivity contribution is 0.157. The lowest BCUT2D eigenvalue weighted by atomic mass is 9.93. The molecule has 0 unspecified atom stereocenters. The van der Waals surface area contributed by atoms with Gasteiger partial charge in [0, 0.05) is 44.0 Å². The van der Waals surface area contributed by atoms with E-state index in [0.29, 0.717) is 39.7 Å². The minimum absolute atomic E-state index is 0.216. The molecular formula is C24H27FN4O2.